The normalized spacial score (nSPS) is 0. The molecule has 0 nitrogen and oxygen atoms in total. The van der Waals surface area contributed by atoms with E-state index < -0.39 is 0 Å². The van der Waals surface area contributed by atoms with Crippen molar-refractivity contribution in [1.82, 2.24) is 0 Å². The molecule has 4 heteroatoms. The smallest absolute Gasteiger partial charge is 0 e. The van der Waals surface area contributed by atoms with Crippen molar-refractivity contribution in [3.63, 3.8) is 0 Å². The molecule has 4 heavy (non-hydrogen) atoms. The maximum absolute atomic E-state index is 0. The van der Waals surface area contributed by atoms with Crippen LogP contribution in [0, 0.1) is 0 Å². The molecule has 0 unspecified atom stereocenters. The second-order valence-corrected chi connectivity index (χ2v) is 0. The van der Waals surface area contributed by atoms with Crippen LogP contribution in [0.5, 0.6) is 0 Å². The minimum absolute atomic E-state index is 0. The predicted octanol–water partition coefficient (Wildman–Crippen LogP) is -0.767. The third kappa shape index (κ3) is 8.87. The van der Waals surface area contributed by atoms with Crippen molar-refractivity contribution < 1.29 is 39.4 Å². The Kier molecular flexibility index (Phi) is 119. The first-order valence-corrected chi connectivity index (χ1v) is 0. The Labute approximate surface area is 87.6 Å². The van der Waals surface area contributed by atoms with Gasteiger partial charge in [-0.2, -0.15) is 0 Å². The van der Waals surface area contributed by atoms with Crippen LogP contribution >= 0.6 is 0 Å². The number of hydrogen-bond acceptors (Lipinski definition) is 0. The van der Waals surface area contributed by atoms with E-state index in [0.717, 1.165) is 0 Å². The average molecular weight is 396 g/mol. The van der Waals surface area contributed by atoms with Crippen molar-refractivity contribution in [2.45, 2.75) is 0 Å². The molecule has 0 aromatic heterocycles. The van der Waals surface area contributed by atoms with Crippen LogP contribution in [0.25, 0.3) is 0 Å². The summed E-state index contributed by atoms with van der Waals surface area (Å²) in [7, 11) is 0. The van der Waals surface area contributed by atoms with Crippen LogP contribution in [0.3, 0.4) is 0 Å². The van der Waals surface area contributed by atoms with Gasteiger partial charge in [0.15, 0.2) is 0 Å². The Hall–Kier alpha value is 2.93. The Bertz CT molecular complexity index is 8.00. The van der Waals surface area contributed by atoms with Crippen LogP contribution in [-0.4, -0.2) is 49.8 Å². The van der Waals surface area contributed by atoms with Crippen LogP contribution in [0.1, 0.15) is 0 Å². The molecular weight excluding hydrogens is 396 g/mol. The third-order valence-electron chi connectivity index (χ3n) is 0. The van der Waals surface area contributed by atoms with Gasteiger partial charge in [-0.1, -0.05) is 0 Å². The molecule has 0 fully saturated rings. The zero-order chi connectivity index (χ0) is 0. The van der Waals surface area contributed by atoms with Gasteiger partial charge in [0.25, 0.3) is 0 Å². The summed E-state index contributed by atoms with van der Waals surface area (Å²) < 4.78 is 0. The van der Waals surface area contributed by atoms with E-state index in [1.54, 1.807) is 0 Å². The van der Waals surface area contributed by atoms with E-state index in [-0.39, 0.29) is 89.2 Å². The van der Waals surface area contributed by atoms with E-state index >= 15 is 0 Å². The van der Waals surface area contributed by atoms with Crippen LogP contribution < -0.4 is 0 Å². The standard InChI is InChI=1S/Ag.In.Mn.Sn. The maximum Gasteiger partial charge on any atom is 0 e. The molecule has 25 valence electrons. The molecule has 0 heterocycles. The summed E-state index contributed by atoms with van der Waals surface area (Å²) in [5, 5.41) is 0. The Morgan fingerprint density at radius 2 is 1.00 bits per heavy atom. The van der Waals surface area contributed by atoms with Crippen LogP contribution in [-0.2, 0) is 39.4 Å². The van der Waals surface area contributed by atoms with Gasteiger partial charge in [0, 0.05) is 89.2 Å². The van der Waals surface area contributed by atoms with Gasteiger partial charge < -0.3 is 0 Å². The van der Waals surface area contributed by atoms with Crippen molar-refractivity contribution >= 4 is 49.8 Å². The minimum atomic E-state index is 0. The Morgan fingerprint density at radius 3 is 1.00 bits per heavy atom. The third-order valence-corrected chi connectivity index (χ3v) is 0. The zero-order valence-corrected chi connectivity index (χ0v) is 10.6. The van der Waals surface area contributed by atoms with Crippen molar-refractivity contribution in [1.29, 1.82) is 0 Å². The van der Waals surface area contributed by atoms with Crippen molar-refractivity contribution in [3.8, 4) is 0 Å². The maximum atomic E-state index is 0. The summed E-state index contributed by atoms with van der Waals surface area (Å²) in [6, 6.07) is 0. The topological polar surface area (TPSA) is 0 Å². The molecule has 0 rings (SSSR count). The Morgan fingerprint density at radius 1 is 1.00 bits per heavy atom. The molecule has 0 N–H and O–H groups in total. The molecule has 0 aromatic rings. The minimum Gasteiger partial charge on any atom is 0 e. The molecule has 0 saturated carbocycles. The van der Waals surface area contributed by atoms with Crippen molar-refractivity contribution in [3.05, 3.63) is 0 Å². The first-order valence-electron chi connectivity index (χ1n) is 0. The van der Waals surface area contributed by atoms with Crippen molar-refractivity contribution in [2.24, 2.45) is 0 Å². The largest absolute Gasteiger partial charge is 0 e. The van der Waals surface area contributed by atoms with E-state index in [4.69, 9.17) is 0 Å². The SMILES string of the molecule is [Ag].[In].[Mn].[Sn]. The van der Waals surface area contributed by atoms with Crippen molar-refractivity contribution in [2.75, 3.05) is 0 Å². The summed E-state index contributed by atoms with van der Waals surface area (Å²) in [5.41, 5.74) is 0. The summed E-state index contributed by atoms with van der Waals surface area (Å²) in [6.45, 7) is 0. The van der Waals surface area contributed by atoms with Gasteiger partial charge in [0.1, 0.15) is 0 Å². The quantitative estimate of drug-likeness (QED) is 0.472. The van der Waals surface area contributed by atoms with E-state index in [2.05, 4.69) is 0 Å². The average Bonchev–Trinajstić information content (AvgIpc) is 0. The van der Waals surface area contributed by atoms with Crippen LogP contribution in [0.2, 0.25) is 0 Å². The van der Waals surface area contributed by atoms with E-state index in [0.29, 0.717) is 0 Å². The summed E-state index contributed by atoms with van der Waals surface area (Å²) in [5.74, 6) is 0. The first-order chi connectivity index (χ1) is 0. The molecule has 0 amide bonds. The molecule has 0 aliphatic heterocycles. The monoisotopic (exact) mass is 397 g/mol. The molecule has 9 radical (unpaired) electrons. The Balaban J connectivity index is 0. The fourth-order valence-corrected chi connectivity index (χ4v) is 0. The second-order valence-electron chi connectivity index (χ2n) is 0. The molecule has 0 aromatic carbocycles. The summed E-state index contributed by atoms with van der Waals surface area (Å²) in [6.07, 6.45) is 0. The van der Waals surface area contributed by atoms with Crippen LogP contribution in [0.15, 0.2) is 0 Å². The zero-order valence-electron chi connectivity index (χ0n) is 1.76. The van der Waals surface area contributed by atoms with Gasteiger partial charge in [0.2, 0.25) is 0 Å². The van der Waals surface area contributed by atoms with E-state index in [1.165, 1.54) is 0 Å². The molecule has 0 spiro atoms. The fraction of sp³-hybridized carbons (Fsp3) is 0. The summed E-state index contributed by atoms with van der Waals surface area (Å²) >= 11 is 0. The van der Waals surface area contributed by atoms with Crippen LogP contribution in [0.4, 0.5) is 0 Å². The van der Waals surface area contributed by atoms with Gasteiger partial charge in [-0.25, -0.2) is 0 Å². The molecule has 0 aliphatic rings. The number of hydrogen-bond donors (Lipinski definition) is 0. The molecule has 0 atom stereocenters. The van der Waals surface area contributed by atoms with E-state index in [9.17, 15) is 0 Å². The molecule has 0 aliphatic carbocycles. The van der Waals surface area contributed by atoms with Gasteiger partial charge in [-0.05, 0) is 0 Å². The summed E-state index contributed by atoms with van der Waals surface area (Å²) in [4.78, 5) is 0. The molecular formula is AgInMnSn. The fourth-order valence-electron chi connectivity index (χ4n) is 0. The second kappa shape index (κ2) is 16.8. The van der Waals surface area contributed by atoms with E-state index in [1.807, 2.05) is 0 Å². The molecule has 0 saturated heterocycles. The van der Waals surface area contributed by atoms with Gasteiger partial charge in [-0.15, -0.1) is 0 Å². The predicted molar refractivity (Wildman–Crippen MR) is 11.5 cm³/mol. The van der Waals surface area contributed by atoms with Gasteiger partial charge in [0.05, 0.1) is 0 Å². The molecule has 0 bridgehead atoms. The van der Waals surface area contributed by atoms with Gasteiger partial charge in [-0.3, -0.25) is 0 Å². The first kappa shape index (κ1) is 28.4. The number of rotatable bonds is 0. The van der Waals surface area contributed by atoms with Gasteiger partial charge >= 0.3 is 0 Å².